The number of hydrazone groups is 1. The van der Waals surface area contributed by atoms with Crippen LogP contribution in [0.5, 0.6) is 0 Å². The number of primary amides is 1. The summed E-state index contributed by atoms with van der Waals surface area (Å²) in [6.45, 7) is 2.04. The molecule has 1 unspecified atom stereocenters. The maximum absolute atomic E-state index is 12.5. The van der Waals surface area contributed by atoms with Crippen LogP contribution in [-0.2, 0) is 14.4 Å². The summed E-state index contributed by atoms with van der Waals surface area (Å²) in [6, 6.07) is 13.9. The Morgan fingerprint density at radius 2 is 1.93 bits per heavy atom. The minimum Gasteiger partial charge on any atom is -0.368 e. The van der Waals surface area contributed by atoms with Crippen molar-refractivity contribution in [2.45, 2.75) is 25.8 Å². The van der Waals surface area contributed by atoms with Gasteiger partial charge >= 0.3 is 0 Å². The van der Waals surface area contributed by atoms with Gasteiger partial charge in [-0.1, -0.05) is 40.2 Å². The third-order valence-corrected chi connectivity index (χ3v) is 5.13. The minimum atomic E-state index is -0.726. The first-order chi connectivity index (χ1) is 14.3. The Labute approximate surface area is 182 Å². The molecule has 0 saturated heterocycles. The van der Waals surface area contributed by atoms with Gasteiger partial charge in [-0.15, -0.1) is 0 Å². The van der Waals surface area contributed by atoms with Crippen molar-refractivity contribution in [2.24, 2.45) is 10.8 Å². The molecule has 156 valence electrons. The standard InChI is InChI=1S/C21H22BrN5O3/c1-13-7-8-14(22)11-16(13)25-19(28)9-10-24-21(30)17-12-18(20(23)29)27(26-17)15-5-3-2-4-6-15/h2-8,11,18H,9-10,12H2,1H3,(H2,23,29)(H,24,30)(H,25,28). The van der Waals surface area contributed by atoms with Gasteiger partial charge in [0.15, 0.2) is 0 Å². The van der Waals surface area contributed by atoms with Crippen LogP contribution in [0.2, 0.25) is 0 Å². The average molecular weight is 472 g/mol. The Morgan fingerprint density at radius 1 is 1.20 bits per heavy atom. The van der Waals surface area contributed by atoms with E-state index in [0.717, 1.165) is 10.0 Å². The molecule has 3 amide bonds. The molecule has 0 aliphatic carbocycles. The first kappa shape index (κ1) is 21.5. The van der Waals surface area contributed by atoms with E-state index in [1.54, 1.807) is 12.1 Å². The molecule has 1 aliphatic heterocycles. The second-order valence-corrected chi connectivity index (χ2v) is 7.78. The number of hydrogen-bond donors (Lipinski definition) is 3. The van der Waals surface area contributed by atoms with E-state index in [0.29, 0.717) is 11.4 Å². The summed E-state index contributed by atoms with van der Waals surface area (Å²) in [5.74, 6) is -1.20. The summed E-state index contributed by atoms with van der Waals surface area (Å²) < 4.78 is 0.864. The normalized spacial score (nSPS) is 15.5. The highest BCUT2D eigenvalue weighted by molar-refractivity contribution is 9.10. The van der Waals surface area contributed by atoms with Gasteiger partial charge in [0.05, 0.1) is 5.69 Å². The molecule has 2 aromatic rings. The predicted molar refractivity (Wildman–Crippen MR) is 119 cm³/mol. The largest absolute Gasteiger partial charge is 0.368 e. The second kappa shape index (κ2) is 9.53. The molecule has 1 heterocycles. The molecule has 1 atom stereocenters. The van der Waals surface area contributed by atoms with Crippen LogP contribution in [0, 0.1) is 6.92 Å². The number of nitrogens with zero attached hydrogens (tertiary/aromatic N) is 2. The number of carbonyl (C=O) groups excluding carboxylic acids is 3. The van der Waals surface area contributed by atoms with Crippen LogP contribution in [0.4, 0.5) is 11.4 Å². The molecule has 0 radical (unpaired) electrons. The second-order valence-electron chi connectivity index (χ2n) is 6.86. The molecule has 1 aliphatic rings. The number of hydrogen-bond acceptors (Lipinski definition) is 5. The lowest BCUT2D eigenvalue weighted by atomic mass is 10.1. The van der Waals surface area contributed by atoms with Crippen LogP contribution in [0.3, 0.4) is 0 Å². The SMILES string of the molecule is Cc1ccc(Br)cc1NC(=O)CCNC(=O)C1=NN(c2ccccc2)C(C(N)=O)C1. The first-order valence-electron chi connectivity index (χ1n) is 9.40. The molecule has 3 rings (SSSR count). The Hall–Kier alpha value is -3.20. The number of aryl methyl sites for hydroxylation is 1. The van der Waals surface area contributed by atoms with E-state index in [1.165, 1.54) is 5.01 Å². The van der Waals surface area contributed by atoms with E-state index in [1.807, 2.05) is 43.3 Å². The van der Waals surface area contributed by atoms with E-state index in [4.69, 9.17) is 5.73 Å². The van der Waals surface area contributed by atoms with Crippen molar-refractivity contribution in [3.05, 3.63) is 58.6 Å². The monoisotopic (exact) mass is 471 g/mol. The number of rotatable bonds is 7. The zero-order valence-electron chi connectivity index (χ0n) is 16.4. The third kappa shape index (κ3) is 5.24. The molecule has 0 saturated carbocycles. The van der Waals surface area contributed by atoms with E-state index in [2.05, 4.69) is 31.7 Å². The molecule has 8 nitrogen and oxygen atoms in total. The quantitative estimate of drug-likeness (QED) is 0.574. The van der Waals surface area contributed by atoms with E-state index in [9.17, 15) is 14.4 Å². The number of para-hydroxylation sites is 1. The summed E-state index contributed by atoms with van der Waals surface area (Å²) >= 11 is 3.37. The van der Waals surface area contributed by atoms with Gasteiger partial charge < -0.3 is 16.4 Å². The number of nitrogens with two attached hydrogens (primary N) is 1. The summed E-state index contributed by atoms with van der Waals surface area (Å²) in [5, 5.41) is 11.2. The molecular formula is C21H22BrN5O3. The van der Waals surface area contributed by atoms with Crippen molar-refractivity contribution < 1.29 is 14.4 Å². The zero-order chi connectivity index (χ0) is 21.7. The average Bonchev–Trinajstić information content (AvgIpc) is 3.17. The predicted octanol–water partition coefficient (Wildman–Crippen LogP) is 2.32. The lowest BCUT2D eigenvalue weighted by molar-refractivity contribution is -0.119. The van der Waals surface area contributed by atoms with Gasteiger partial charge in [-0.05, 0) is 36.8 Å². The molecule has 30 heavy (non-hydrogen) atoms. The highest BCUT2D eigenvalue weighted by Gasteiger charge is 2.34. The topological polar surface area (TPSA) is 117 Å². The van der Waals surface area contributed by atoms with Crippen molar-refractivity contribution >= 4 is 50.7 Å². The number of carbonyl (C=O) groups is 3. The molecule has 0 bridgehead atoms. The summed E-state index contributed by atoms with van der Waals surface area (Å²) in [4.78, 5) is 36.5. The number of anilines is 2. The van der Waals surface area contributed by atoms with Crippen molar-refractivity contribution in [1.82, 2.24) is 5.32 Å². The zero-order valence-corrected chi connectivity index (χ0v) is 18.0. The Kier molecular flexibility index (Phi) is 6.83. The maximum Gasteiger partial charge on any atom is 0.267 e. The molecule has 9 heteroatoms. The Balaban J connectivity index is 1.56. The fourth-order valence-corrected chi connectivity index (χ4v) is 3.38. The highest BCUT2D eigenvalue weighted by Crippen LogP contribution is 2.24. The Bertz CT molecular complexity index is 993. The smallest absolute Gasteiger partial charge is 0.267 e. The third-order valence-electron chi connectivity index (χ3n) is 4.63. The van der Waals surface area contributed by atoms with Crippen LogP contribution < -0.4 is 21.4 Å². The van der Waals surface area contributed by atoms with Crippen LogP contribution in [0.25, 0.3) is 0 Å². The minimum absolute atomic E-state index is 0.104. The van der Waals surface area contributed by atoms with Crippen molar-refractivity contribution in [1.29, 1.82) is 0 Å². The van der Waals surface area contributed by atoms with Gasteiger partial charge in [-0.3, -0.25) is 19.4 Å². The number of benzene rings is 2. The fourth-order valence-electron chi connectivity index (χ4n) is 3.02. The van der Waals surface area contributed by atoms with Gasteiger partial charge in [0, 0.05) is 29.5 Å². The maximum atomic E-state index is 12.5. The lowest BCUT2D eigenvalue weighted by Gasteiger charge is -2.20. The fraction of sp³-hybridized carbons (Fsp3) is 0.238. The highest BCUT2D eigenvalue weighted by atomic mass is 79.9. The van der Waals surface area contributed by atoms with E-state index >= 15 is 0 Å². The number of halogens is 1. The van der Waals surface area contributed by atoms with Gasteiger partial charge in [-0.2, -0.15) is 5.10 Å². The van der Waals surface area contributed by atoms with E-state index in [-0.39, 0.29) is 31.0 Å². The van der Waals surface area contributed by atoms with Crippen LogP contribution in [0.15, 0.2) is 58.1 Å². The summed E-state index contributed by atoms with van der Waals surface area (Å²) in [5.41, 5.74) is 8.01. The van der Waals surface area contributed by atoms with Crippen LogP contribution in [-0.4, -0.2) is 36.0 Å². The number of amides is 3. The van der Waals surface area contributed by atoms with Gasteiger partial charge in [-0.25, -0.2) is 0 Å². The molecule has 0 spiro atoms. The summed E-state index contributed by atoms with van der Waals surface area (Å²) in [6.07, 6.45) is 0.214. The van der Waals surface area contributed by atoms with Crippen molar-refractivity contribution in [3.63, 3.8) is 0 Å². The summed E-state index contributed by atoms with van der Waals surface area (Å²) in [7, 11) is 0. The Morgan fingerprint density at radius 3 is 2.63 bits per heavy atom. The van der Waals surface area contributed by atoms with Crippen LogP contribution in [0.1, 0.15) is 18.4 Å². The van der Waals surface area contributed by atoms with Crippen molar-refractivity contribution in [3.8, 4) is 0 Å². The molecule has 0 aromatic heterocycles. The van der Waals surface area contributed by atoms with Gasteiger partial charge in [0.1, 0.15) is 11.8 Å². The van der Waals surface area contributed by atoms with E-state index < -0.39 is 17.9 Å². The first-order valence-corrected chi connectivity index (χ1v) is 10.2. The van der Waals surface area contributed by atoms with Gasteiger partial charge in [0.25, 0.3) is 5.91 Å². The molecular weight excluding hydrogens is 450 g/mol. The van der Waals surface area contributed by atoms with Crippen LogP contribution >= 0.6 is 15.9 Å². The number of nitrogens with one attached hydrogen (secondary N) is 2. The molecule has 4 N–H and O–H groups in total. The lowest BCUT2D eigenvalue weighted by Crippen LogP contribution is -2.40. The molecule has 0 fully saturated rings. The van der Waals surface area contributed by atoms with Crippen molar-refractivity contribution in [2.75, 3.05) is 16.9 Å². The van der Waals surface area contributed by atoms with Gasteiger partial charge in [0.2, 0.25) is 11.8 Å². The molecule has 2 aromatic carbocycles.